The molecule has 3 aromatic rings. The van der Waals surface area contributed by atoms with Crippen molar-refractivity contribution in [2.45, 2.75) is 6.54 Å². The summed E-state index contributed by atoms with van der Waals surface area (Å²) in [7, 11) is 0. The highest BCUT2D eigenvalue weighted by molar-refractivity contribution is 6.32. The minimum atomic E-state index is -0.477. The van der Waals surface area contributed by atoms with Crippen molar-refractivity contribution < 1.29 is 9.72 Å². The Kier molecular flexibility index (Phi) is 4.71. The van der Waals surface area contributed by atoms with Gasteiger partial charge in [0.05, 0.1) is 21.8 Å². The van der Waals surface area contributed by atoms with Gasteiger partial charge >= 0.3 is 0 Å². The number of non-ortho nitro benzene ring substituents is 1. The molecule has 9 heteroatoms. The van der Waals surface area contributed by atoms with E-state index >= 15 is 0 Å². The van der Waals surface area contributed by atoms with Crippen molar-refractivity contribution in [3.8, 4) is 5.69 Å². The summed E-state index contributed by atoms with van der Waals surface area (Å²) in [5, 5.41) is 21.5. The number of rotatable bonds is 5. The van der Waals surface area contributed by atoms with Gasteiger partial charge in [-0.2, -0.15) is 0 Å². The number of amides is 1. The van der Waals surface area contributed by atoms with E-state index in [0.717, 1.165) is 5.56 Å². The maximum atomic E-state index is 12.2. The largest absolute Gasteiger partial charge is 0.347 e. The maximum absolute atomic E-state index is 12.2. The second-order valence-electron chi connectivity index (χ2n) is 5.11. The van der Waals surface area contributed by atoms with Crippen molar-refractivity contribution in [3.05, 3.63) is 81.1 Å². The van der Waals surface area contributed by atoms with Crippen LogP contribution in [0.25, 0.3) is 5.69 Å². The number of aromatic nitrogens is 3. The molecule has 0 spiro atoms. The molecule has 0 unspecified atom stereocenters. The lowest BCUT2D eigenvalue weighted by Crippen LogP contribution is -2.23. The highest BCUT2D eigenvalue weighted by atomic mass is 35.5. The van der Waals surface area contributed by atoms with Crippen LogP contribution in [0.5, 0.6) is 0 Å². The molecule has 0 aliphatic heterocycles. The van der Waals surface area contributed by atoms with Crippen LogP contribution >= 0.6 is 11.6 Å². The zero-order valence-electron chi connectivity index (χ0n) is 12.8. The fraction of sp³-hybridized carbons (Fsp3) is 0.0625. The molecule has 1 aromatic heterocycles. The van der Waals surface area contributed by atoms with E-state index in [4.69, 9.17) is 11.6 Å². The van der Waals surface area contributed by atoms with Crippen molar-refractivity contribution in [3.63, 3.8) is 0 Å². The number of hydrogen-bond donors (Lipinski definition) is 1. The SMILES string of the molecule is O=C(NCc1ccc([N+](=O)[O-])cc1)c1cn(-c2ccccc2Cl)nn1. The molecule has 1 N–H and O–H groups in total. The zero-order chi connectivity index (χ0) is 17.8. The van der Waals surface area contributed by atoms with E-state index in [0.29, 0.717) is 10.7 Å². The molecule has 1 amide bonds. The lowest BCUT2D eigenvalue weighted by molar-refractivity contribution is -0.384. The summed E-state index contributed by atoms with van der Waals surface area (Å²) in [6.45, 7) is 0.218. The Bertz CT molecular complexity index is 924. The molecule has 0 saturated heterocycles. The Labute approximate surface area is 147 Å². The molecule has 25 heavy (non-hydrogen) atoms. The predicted molar refractivity (Wildman–Crippen MR) is 90.6 cm³/mol. The molecule has 0 bridgehead atoms. The molecular weight excluding hydrogens is 346 g/mol. The van der Waals surface area contributed by atoms with Gasteiger partial charge in [0, 0.05) is 18.7 Å². The standard InChI is InChI=1S/C16H12ClN5O3/c17-13-3-1-2-4-15(13)21-10-14(19-20-21)16(23)18-9-11-5-7-12(8-6-11)22(24)25/h1-8,10H,9H2,(H,18,23). The molecular formula is C16H12ClN5O3. The van der Waals surface area contributed by atoms with Gasteiger partial charge in [-0.15, -0.1) is 5.10 Å². The number of nitrogens with one attached hydrogen (secondary N) is 1. The van der Waals surface area contributed by atoms with Crippen molar-refractivity contribution in [2.24, 2.45) is 0 Å². The lowest BCUT2D eigenvalue weighted by atomic mass is 10.2. The van der Waals surface area contributed by atoms with E-state index in [1.807, 2.05) is 0 Å². The summed E-state index contributed by atoms with van der Waals surface area (Å²) in [6.07, 6.45) is 1.48. The van der Waals surface area contributed by atoms with Gasteiger partial charge in [-0.1, -0.05) is 41.1 Å². The minimum absolute atomic E-state index is 0.00207. The van der Waals surface area contributed by atoms with Crippen LogP contribution in [0.3, 0.4) is 0 Å². The third kappa shape index (κ3) is 3.81. The normalized spacial score (nSPS) is 10.4. The summed E-state index contributed by atoms with van der Waals surface area (Å²) in [5.41, 5.74) is 1.49. The van der Waals surface area contributed by atoms with Gasteiger partial charge in [0.1, 0.15) is 0 Å². The van der Waals surface area contributed by atoms with E-state index in [2.05, 4.69) is 15.6 Å². The summed E-state index contributed by atoms with van der Waals surface area (Å²) < 4.78 is 1.42. The topological polar surface area (TPSA) is 103 Å². The molecule has 0 fully saturated rings. The second kappa shape index (κ2) is 7.10. The fourth-order valence-corrected chi connectivity index (χ4v) is 2.35. The van der Waals surface area contributed by atoms with Gasteiger partial charge < -0.3 is 5.32 Å². The van der Waals surface area contributed by atoms with Crippen LogP contribution in [0.1, 0.15) is 16.1 Å². The van der Waals surface area contributed by atoms with E-state index < -0.39 is 10.8 Å². The molecule has 8 nitrogen and oxygen atoms in total. The minimum Gasteiger partial charge on any atom is -0.347 e. The third-order valence-electron chi connectivity index (χ3n) is 3.43. The van der Waals surface area contributed by atoms with Gasteiger partial charge in [0.15, 0.2) is 5.69 Å². The quantitative estimate of drug-likeness (QED) is 0.558. The van der Waals surface area contributed by atoms with Crippen molar-refractivity contribution in [2.75, 3.05) is 0 Å². The van der Waals surface area contributed by atoms with Crippen LogP contribution in [0.2, 0.25) is 5.02 Å². The van der Waals surface area contributed by atoms with E-state index in [1.165, 1.54) is 23.0 Å². The van der Waals surface area contributed by atoms with Gasteiger partial charge in [-0.05, 0) is 17.7 Å². The number of nitro groups is 1. The van der Waals surface area contributed by atoms with Crippen LogP contribution in [0, 0.1) is 10.1 Å². The average Bonchev–Trinajstić information content (AvgIpc) is 3.10. The van der Waals surface area contributed by atoms with Crippen molar-refractivity contribution in [1.82, 2.24) is 20.3 Å². The number of para-hydroxylation sites is 1. The van der Waals surface area contributed by atoms with Crippen LogP contribution in [0.15, 0.2) is 54.7 Å². The zero-order valence-corrected chi connectivity index (χ0v) is 13.6. The monoisotopic (exact) mass is 357 g/mol. The lowest BCUT2D eigenvalue weighted by Gasteiger charge is -2.03. The Morgan fingerprint density at radius 2 is 1.92 bits per heavy atom. The number of nitrogens with zero attached hydrogens (tertiary/aromatic N) is 4. The average molecular weight is 358 g/mol. The van der Waals surface area contributed by atoms with Crippen LogP contribution < -0.4 is 5.32 Å². The van der Waals surface area contributed by atoms with Gasteiger partial charge in [-0.25, -0.2) is 4.68 Å². The first kappa shape index (κ1) is 16.6. The van der Waals surface area contributed by atoms with E-state index in [1.54, 1.807) is 36.4 Å². The molecule has 0 aliphatic carbocycles. The first-order valence-corrected chi connectivity index (χ1v) is 7.61. The fourth-order valence-electron chi connectivity index (χ4n) is 2.13. The number of benzene rings is 2. The number of carbonyl (C=O) groups excluding carboxylic acids is 1. The number of nitro benzene ring substituents is 1. The van der Waals surface area contributed by atoms with Gasteiger partial charge in [-0.3, -0.25) is 14.9 Å². The van der Waals surface area contributed by atoms with E-state index in [9.17, 15) is 14.9 Å². The molecule has 126 valence electrons. The summed E-state index contributed by atoms with van der Waals surface area (Å²) in [5.74, 6) is -0.406. The number of carbonyl (C=O) groups is 1. The maximum Gasteiger partial charge on any atom is 0.273 e. The Balaban J connectivity index is 1.66. The molecule has 0 saturated carbocycles. The van der Waals surface area contributed by atoms with E-state index in [-0.39, 0.29) is 17.9 Å². The molecule has 0 radical (unpaired) electrons. The van der Waals surface area contributed by atoms with Crippen LogP contribution in [-0.2, 0) is 6.54 Å². The predicted octanol–water partition coefficient (Wildman–Crippen LogP) is 2.76. The second-order valence-corrected chi connectivity index (χ2v) is 5.51. The summed E-state index contributed by atoms with van der Waals surface area (Å²) in [6, 6.07) is 13.0. The molecule has 3 rings (SSSR count). The van der Waals surface area contributed by atoms with Crippen molar-refractivity contribution >= 4 is 23.2 Å². The molecule has 0 atom stereocenters. The van der Waals surface area contributed by atoms with Crippen LogP contribution in [-0.4, -0.2) is 25.8 Å². The Morgan fingerprint density at radius 3 is 2.60 bits per heavy atom. The Hall–Kier alpha value is -3.26. The number of halogens is 1. The Morgan fingerprint density at radius 1 is 1.20 bits per heavy atom. The summed E-state index contributed by atoms with van der Waals surface area (Å²) in [4.78, 5) is 22.3. The first-order valence-electron chi connectivity index (χ1n) is 7.23. The van der Waals surface area contributed by atoms with Gasteiger partial charge in [0.25, 0.3) is 11.6 Å². The smallest absolute Gasteiger partial charge is 0.273 e. The molecule has 0 aliphatic rings. The molecule has 1 heterocycles. The van der Waals surface area contributed by atoms with Crippen LogP contribution in [0.4, 0.5) is 5.69 Å². The number of hydrogen-bond acceptors (Lipinski definition) is 5. The van der Waals surface area contributed by atoms with Crippen molar-refractivity contribution in [1.29, 1.82) is 0 Å². The highest BCUT2D eigenvalue weighted by Crippen LogP contribution is 2.18. The first-order chi connectivity index (χ1) is 12.0. The van der Waals surface area contributed by atoms with Gasteiger partial charge in [0.2, 0.25) is 0 Å². The molecule has 2 aromatic carbocycles. The highest BCUT2D eigenvalue weighted by Gasteiger charge is 2.13. The summed E-state index contributed by atoms with van der Waals surface area (Å²) >= 11 is 6.09. The third-order valence-corrected chi connectivity index (χ3v) is 3.75.